The standard InChI is InChI=1S/C49H33NO2S/c51-53(52)47-28-16-14-26-43(47)49(38-21-9-3-10-22-38,39-23-11-4-12-24-39)44-33-46-42(32-48(44)53)41-25-13-15-27-45(41)50(46)40-30-36(34-17-5-1-6-18-34)29-37(31-40)35-19-7-2-8-20-35/h1-33H. The minimum atomic E-state index is -3.90. The lowest BCUT2D eigenvalue weighted by molar-refractivity contribution is 0.579. The third kappa shape index (κ3) is 4.69. The predicted octanol–water partition coefficient (Wildman–Crippen LogP) is 11.6. The van der Waals surface area contributed by atoms with Crippen molar-refractivity contribution in [2.45, 2.75) is 15.2 Å². The monoisotopic (exact) mass is 699 g/mol. The van der Waals surface area contributed by atoms with Gasteiger partial charge in [-0.15, -0.1) is 0 Å². The molecule has 10 rings (SSSR count). The zero-order chi connectivity index (χ0) is 35.6. The van der Waals surface area contributed by atoms with Crippen LogP contribution in [0.2, 0.25) is 0 Å². The highest BCUT2D eigenvalue weighted by Gasteiger charge is 2.49. The molecule has 0 N–H and O–H groups in total. The number of nitrogens with zero attached hydrogens (tertiary/aromatic N) is 1. The first-order valence-electron chi connectivity index (χ1n) is 17.8. The molecule has 1 aliphatic rings. The van der Waals surface area contributed by atoms with Gasteiger partial charge in [0.05, 0.1) is 26.2 Å². The Labute approximate surface area is 309 Å². The summed E-state index contributed by atoms with van der Waals surface area (Å²) in [4.78, 5) is 0.675. The molecule has 0 radical (unpaired) electrons. The van der Waals surface area contributed by atoms with E-state index in [1.54, 1.807) is 6.07 Å². The molecule has 1 aromatic heterocycles. The molecule has 252 valence electrons. The molecule has 0 aliphatic carbocycles. The van der Waals surface area contributed by atoms with E-state index in [1.807, 2.05) is 78.9 Å². The number of sulfone groups is 1. The molecule has 0 unspecified atom stereocenters. The molecular formula is C49H33NO2S. The Kier molecular flexibility index (Phi) is 7.11. The minimum Gasteiger partial charge on any atom is -0.309 e. The summed E-state index contributed by atoms with van der Waals surface area (Å²) < 4.78 is 32.1. The van der Waals surface area contributed by atoms with Crippen LogP contribution >= 0.6 is 0 Å². The number of para-hydroxylation sites is 1. The van der Waals surface area contributed by atoms with Gasteiger partial charge in [-0.2, -0.15) is 0 Å². The fraction of sp³-hybridized carbons (Fsp3) is 0.0204. The second-order valence-electron chi connectivity index (χ2n) is 13.7. The van der Waals surface area contributed by atoms with Gasteiger partial charge in [-0.25, -0.2) is 8.42 Å². The summed E-state index contributed by atoms with van der Waals surface area (Å²) in [5.41, 5.74) is 10.0. The third-order valence-electron chi connectivity index (χ3n) is 10.9. The van der Waals surface area contributed by atoms with Crippen molar-refractivity contribution >= 4 is 31.6 Å². The molecule has 53 heavy (non-hydrogen) atoms. The van der Waals surface area contributed by atoms with Crippen molar-refractivity contribution < 1.29 is 8.42 Å². The molecule has 0 bridgehead atoms. The van der Waals surface area contributed by atoms with Gasteiger partial charge >= 0.3 is 0 Å². The minimum absolute atomic E-state index is 0.335. The van der Waals surface area contributed by atoms with E-state index in [0.717, 1.165) is 72.0 Å². The Morgan fingerprint density at radius 3 is 1.49 bits per heavy atom. The first-order valence-corrected chi connectivity index (χ1v) is 19.3. The summed E-state index contributed by atoms with van der Waals surface area (Å²) in [5, 5.41) is 1.89. The van der Waals surface area contributed by atoms with Crippen LogP contribution in [-0.2, 0) is 15.3 Å². The van der Waals surface area contributed by atoms with Crippen molar-refractivity contribution in [3.63, 3.8) is 0 Å². The van der Waals surface area contributed by atoms with Gasteiger partial charge in [-0.3, -0.25) is 0 Å². The van der Waals surface area contributed by atoms with Gasteiger partial charge in [-0.05, 0) is 87.0 Å². The average Bonchev–Trinajstić information content (AvgIpc) is 3.55. The maximum absolute atomic E-state index is 14.9. The highest BCUT2D eigenvalue weighted by molar-refractivity contribution is 7.91. The van der Waals surface area contributed by atoms with Gasteiger partial charge in [-0.1, -0.05) is 158 Å². The Hall–Kier alpha value is -6.49. The summed E-state index contributed by atoms with van der Waals surface area (Å²) in [7, 11) is -3.90. The number of benzene rings is 8. The van der Waals surface area contributed by atoms with Gasteiger partial charge in [0.15, 0.2) is 0 Å². The summed E-state index contributed by atoms with van der Waals surface area (Å²) in [6, 6.07) is 68.4. The van der Waals surface area contributed by atoms with Crippen LogP contribution in [0.25, 0.3) is 49.7 Å². The molecule has 4 heteroatoms. The molecule has 0 spiro atoms. The number of fused-ring (bicyclic) bond motifs is 5. The normalized spacial score (nSPS) is 14.1. The van der Waals surface area contributed by atoms with Gasteiger partial charge < -0.3 is 4.57 Å². The molecule has 0 fully saturated rings. The summed E-state index contributed by atoms with van der Waals surface area (Å²) in [6.45, 7) is 0. The van der Waals surface area contributed by atoms with E-state index in [-0.39, 0.29) is 0 Å². The predicted molar refractivity (Wildman–Crippen MR) is 215 cm³/mol. The van der Waals surface area contributed by atoms with Gasteiger partial charge in [0, 0.05) is 16.5 Å². The Morgan fingerprint density at radius 1 is 0.377 bits per heavy atom. The van der Waals surface area contributed by atoms with Gasteiger partial charge in [0.1, 0.15) is 0 Å². The zero-order valence-corrected chi connectivity index (χ0v) is 29.5. The van der Waals surface area contributed by atoms with Crippen molar-refractivity contribution in [2.75, 3.05) is 0 Å². The fourth-order valence-corrected chi connectivity index (χ4v) is 10.3. The lowest BCUT2D eigenvalue weighted by Gasteiger charge is -2.41. The van der Waals surface area contributed by atoms with Crippen LogP contribution in [0.5, 0.6) is 0 Å². The van der Waals surface area contributed by atoms with Crippen LogP contribution in [0.15, 0.2) is 210 Å². The van der Waals surface area contributed by atoms with Crippen molar-refractivity contribution in [3.8, 4) is 27.9 Å². The van der Waals surface area contributed by atoms with E-state index in [1.165, 1.54) is 0 Å². The van der Waals surface area contributed by atoms with Crippen LogP contribution in [-0.4, -0.2) is 13.0 Å². The number of aromatic nitrogens is 1. The average molecular weight is 700 g/mol. The quantitative estimate of drug-likeness (QED) is 0.179. The highest BCUT2D eigenvalue weighted by Crippen LogP contribution is 2.55. The Morgan fingerprint density at radius 2 is 0.887 bits per heavy atom. The molecular weight excluding hydrogens is 667 g/mol. The van der Waals surface area contributed by atoms with E-state index < -0.39 is 15.3 Å². The largest absolute Gasteiger partial charge is 0.309 e. The smallest absolute Gasteiger partial charge is 0.207 e. The second kappa shape index (κ2) is 12.0. The highest BCUT2D eigenvalue weighted by atomic mass is 32.2. The molecule has 2 heterocycles. The molecule has 8 aromatic carbocycles. The maximum Gasteiger partial charge on any atom is 0.207 e. The van der Waals surface area contributed by atoms with Crippen LogP contribution in [0.1, 0.15) is 22.3 Å². The van der Waals surface area contributed by atoms with Crippen LogP contribution < -0.4 is 0 Å². The lowest BCUT2D eigenvalue weighted by atomic mass is 9.64. The molecule has 0 saturated heterocycles. The van der Waals surface area contributed by atoms with E-state index >= 15 is 0 Å². The Balaban J connectivity index is 1.37. The van der Waals surface area contributed by atoms with E-state index in [0.29, 0.717) is 9.79 Å². The van der Waals surface area contributed by atoms with Crippen molar-refractivity contribution in [3.05, 3.63) is 222 Å². The molecule has 9 aromatic rings. The second-order valence-corrected chi connectivity index (χ2v) is 15.6. The fourth-order valence-electron chi connectivity index (χ4n) is 8.56. The lowest BCUT2D eigenvalue weighted by Crippen LogP contribution is -2.37. The van der Waals surface area contributed by atoms with Crippen LogP contribution in [0.3, 0.4) is 0 Å². The maximum atomic E-state index is 14.9. The first-order chi connectivity index (χ1) is 26.0. The molecule has 0 saturated carbocycles. The molecule has 1 aliphatic heterocycles. The van der Waals surface area contributed by atoms with Crippen LogP contribution in [0, 0.1) is 0 Å². The van der Waals surface area contributed by atoms with Gasteiger partial charge in [0.2, 0.25) is 9.84 Å². The summed E-state index contributed by atoms with van der Waals surface area (Å²) >= 11 is 0. The van der Waals surface area contributed by atoms with Crippen molar-refractivity contribution in [1.82, 2.24) is 4.57 Å². The molecule has 0 atom stereocenters. The van der Waals surface area contributed by atoms with E-state index in [9.17, 15) is 8.42 Å². The van der Waals surface area contributed by atoms with E-state index in [4.69, 9.17) is 0 Å². The third-order valence-corrected chi connectivity index (χ3v) is 12.7. The number of hydrogen-bond donors (Lipinski definition) is 0. The Bertz CT molecular complexity index is 2840. The zero-order valence-electron chi connectivity index (χ0n) is 28.7. The van der Waals surface area contributed by atoms with Crippen molar-refractivity contribution in [1.29, 1.82) is 0 Å². The summed E-state index contributed by atoms with van der Waals surface area (Å²) in [6.07, 6.45) is 0. The number of hydrogen-bond acceptors (Lipinski definition) is 2. The van der Waals surface area contributed by atoms with Crippen molar-refractivity contribution in [2.24, 2.45) is 0 Å². The SMILES string of the molecule is O=S1(=O)c2ccccc2C(c2ccccc2)(c2ccccc2)c2cc3c(cc21)c1ccccc1n3-c1cc(-c2ccccc2)cc(-c2ccccc2)c1. The molecule has 3 nitrogen and oxygen atoms in total. The topological polar surface area (TPSA) is 39.1 Å². The summed E-state index contributed by atoms with van der Waals surface area (Å²) in [5.74, 6) is 0. The van der Waals surface area contributed by atoms with Gasteiger partial charge in [0.25, 0.3) is 0 Å². The first kappa shape index (κ1) is 31.3. The number of rotatable bonds is 5. The van der Waals surface area contributed by atoms with E-state index in [2.05, 4.69) is 120 Å². The molecule has 0 amide bonds. The van der Waals surface area contributed by atoms with Crippen LogP contribution in [0.4, 0.5) is 0 Å².